The summed E-state index contributed by atoms with van der Waals surface area (Å²) in [6.45, 7) is 2.14. The van der Waals surface area contributed by atoms with Gasteiger partial charge in [-0.3, -0.25) is 9.89 Å². The first kappa shape index (κ1) is 16.2. The van der Waals surface area contributed by atoms with Crippen LogP contribution in [0.25, 0.3) is 11.4 Å². The van der Waals surface area contributed by atoms with Crippen LogP contribution >= 0.6 is 0 Å². The lowest BCUT2D eigenvalue weighted by Crippen LogP contribution is -2.51. The van der Waals surface area contributed by atoms with Gasteiger partial charge in [-0.2, -0.15) is 5.10 Å². The van der Waals surface area contributed by atoms with Crippen molar-refractivity contribution >= 4 is 5.91 Å². The van der Waals surface area contributed by atoms with Gasteiger partial charge < -0.3 is 14.8 Å². The van der Waals surface area contributed by atoms with Crippen LogP contribution in [0.5, 0.6) is 0 Å². The Morgan fingerprint density at radius 1 is 1.24 bits per heavy atom. The summed E-state index contributed by atoms with van der Waals surface area (Å²) in [6.07, 6.45) is 4.91. The van der Waals surface area contributed by atoms with Gasteiger partial charge in [0.25, 0.3) is 5.91 Å². The van der Waals surface area contributed by atoms with Crippen molar-refractivity contribution in [1.82, 2.24) is 20.5 Å². The summed E-state index contributed by atoms with van der Waals surface area (Å²) in [5, 5.41) is 9.89. The third-order valence-corrected chi connectivity index (χ3v) is 5.07. The van der Waals surface area contributed by atoms with E-state index in [-0.39, 0.29) is 17.6 Å². The van der Waals surface area contributed by atoms with Crippen LogP contribution in [0.3, 0.4) is 0 Å². The number of benzene rings is 1. The first-order chi connectivity index (χ1) is 12.3. The Labute approximate surface area is 146 Å². The van der Waals surface area contributed by atoms with Gasteiger partial charge in [0.2, 0.25) is 0 Å². The number of aromatic nitrogens is 3. The average Bonchev–Trinajstić information content (AvgIpc) is 3.17. The normalized spacial score (nSPS) is 22.6. The van der Waals surface area contributed by atoms with E-state index in [0.29, 0.717) is 18.0 Å². The SMILES string of the molecule is O=C(N[C@H]1CCOC2(CCOCC2)C1)c1ccccc1-c1ncn[nH]1. The van der Waals surface area contributed by atoms with E-state index in [1.165, 1.54) is 6.33 Å². The van der Waals surface area contributed by atoms with Crippen molar-refractivity contribution in [3.05, 3.63) is 36.2 Å². The molecule has 2 fully saturated rings. The standard InChI is InChI=1S/C18H22N4O3/c23-17(15-4-2-1-3-14(15)16-19-12-20-22-16)21-13-5-8-25-18(11-13)6-9-24-10-7-18/h1-4,12-13H,5-11H2,(H,21,23)(H,19,20,22)/t13-/m0/s1. The Morgan fingerprint density at radius 2 is 2.08 bits per heavy atom. The molecule has 1 amide bonds. The molecule has 7 heteroatoms. The largest absolute Gasteiger partial charge is 0.381 e. The summed E-state index contributed by atoms with van der Waals surface area (Å²) in [5.74, 6) is 0.514. The molecule has 0 aliphatic carbocycles. The van der Waals surface area contributed by atoms with E-state index in [2.05, 4.69) is 20.5 Å². The number of carbonyl (C=O) groups excluding carboxylic acids is 1. The minimum absolute atomic E-state index is 0.0823. The topological polar surface area (TPSA) is 89.1 Å². The van der Waals surface area contributed by atoms with Gasteiger partial charge in [-0.25, -0.2) is 4.98 Å². The second kappa shape index (κ2) is 6.93. The lowest BCUT2D eigenvalue weighted by atomic mass is 9.84. The fourth-order valence-electron chi connectivity index (χ4n) is 3.73. The molecule has 132 valence electrons. The zero-order chi connectivity index (χ0) is 17.1. The van der Waals surface area contributed by atoms with Crippen molar-refractivity contribution < 1.29 is 14.3 Å². The van der Waals surface area contributed by atoms with Gasteiger partial charge in [-0.05, 0) is 31.7 Å². The number of amides is 1. The Bertz CT molecular complexity index is 720. The van der Waals surface area contributed by atoms with Crippen LogP contribution in [0.1, 0.15) is 36.0 Å². The first-order valence-electron chi connectivity index (χ1n) is 8.73. The van der Waals surface area contributed by atoms with Crippen LogP contribution in [0, 0.1) is 0 Å². The second-order valence-electron chi connectivity index (χ2n) is 6.69. The lowest BCUT2D eigenvalue weighted by Gasteiger charge is -2.43. The second-order valence-corrected chi connectivity index (χ2v) is 6.69. The summed E-state index contributed by atoms with van der Waals surface area (Å²) in [5.41, 5.74) is 1.22. The average molecular weight is 342 g/mol. The zero-order valence-electron chi connectivity index (χ0n) is 14.0. The molecular weight excluding hydrogens is 320 g/mol. The van der Waals surface area contributed by atoms with Crippen molar-refractivity contribution in [2.45, 2.75) is 37.3 Å². The number of nitrogens with zero attached hydrogens (tertiary/aromatic N) is 2. The van der Waals surface area contributed by atoms with E-state index < -0.39 is 0 Å². The van der Waals surface area contributed by atoms with E-state index in [9.17, 15) is 4.79 Å². The van der Waals surface area contributed by atoms with E-state index in [1.54, 1.807) is 0 Å². The number of hydrogen-bond donors (Lipinski definition) is 2. The van der Waals surface area contributed by atoms with Crippen molar-refractivity contribution in [3.63, 3.8) is 0 Å². The number of ether oxygens (including phenoxy) is 2. The number of nitrogens with one attached hydrogen (secondary N) is 2. The maximum absolute atomic E-state index is 12.9. The van der Waals surface area contributed by atoms with Crippen LogP contribution in [-0.2, 0) is 9.47 Å². The predicted molar refractivity (Wildman–Crippen MR) is 91.0 cm³/mol. The fraction of sp³-hybridized carbons (Fsp3) is 0.500. The smallest absolute Gasteiger partial charge is 0.252 e. The summed E-state index contributed by atoms with van der Waals surface area (Å²) in [6, 6.07) is 7.55. The molecule has 2 aromatic rings. The molecule has 1 spiro atoms. The monoisotopic (exact) mass is 342 g/mol. The molecule has 25 heavy (non-hydrogen) atoms. The highest BCUT2D eigenvalue weighted by atomic mass is 16.5. The van der Waals surface area contributed by atoms with Crippen molar-refractivity contribution in [1.29, 1.82) is 0 Å². The van der Waals surface area contributed by atoms with Gasteiger partial charge in [0.15, 0.2) is 5.82 Å². The summed E-state index contributed by atoms with van der Waals surface area (Å²) in [4.78, 5) is 17.0. The minimum Gasteiger partial charge on any atom is -0.381 e. The van der Waals surface area contributed by atoms with Gasteiger partial charge in [0.05, 0.1) is 11.2 Å². The lowest BCUT2D eigenvalue weighted by molar-refractivity contribution is -0.139. The molecule has 4 rings (SSSR count). The van der Waals surface area contributed by atoms with E-state index >= 15 is 0 Å². The third kappa shape index (κ3) is 3.43. The number of rotatable bonds is 3. The van der Waals surface area contributed by atoms with Crippen molar-refractivity contribution in [2.24, 2.45) is 0 Å². The first-order valence-corrected chi connectivity index (χ1v) is 8.73. The van der Waals surface area contributed by atoms with Gasteiger partial charge in [0, 0.05) is 31.4 Å². The van der Waals surface area contributed by atoms with Crippen LogP contribution < -0.4 is 5.32 Å². The van der Waals surface area contributed by atoms with Crippen LogP contribution in [0.2, 0.25) is 0 Å². The minimum atomic E-state index is -0.140. The predicted octanol–water partition coefficient (Wildman–Crippen LogP) is 1.93. The Morgan fingerprint density at radius 3 is 2.88 bits per heavy atom. The molecule has 1 atom stereocenters. The Hall–Kier alpha value is -2.25. The molecule has 7 nitrogen and oxygen atoms in total. The summed E-state index contributed by atoms with van der Waals surface area (Å²) >= 11 is 0. The van der Waals surface area contributed by atoms with E-state index in [1.807, 2.05) is 24.3 Å². The molecule has 2 N–H and O–H groups in total. The molecule has 2 aliphatic heterocycles. The quantitative estimate of drug-likeness (QED) is 0.890. The summed E-state index contributed by atoms with van der Waals surface area (Å²) < 4.78 is 11.5. The molecule has 0 unspecified atom stereocenters. The summed E-state index contributed by atoms with van der Waals surface area (Å²) in [7, 11) is 0. The number of aromatic amines is 1. The fourth-order valence-corrected chi connectivity index (χ4v) is 3.73. The highest BCUT2D eigenvalue weighted by Gasteiger charge is 2.39. The maximum atomic E-state index is 12.9. The molecule has 0 bridgehead atoms. The highest BCUT2D eigenvalue weighted by molar-refractivity contribution is 6.00. The maximum Gasteiger partial charge on any atom is 0.252 e. The molecular formula is C18H22N4O3. The van der Waals surface area contributed by atoms with Gasteiger partial charge >= 0.3 is 0 Å². The molecule has 1 aromatic carbocycles. The molecule has 0 saturated carbocycles. The van der Waals surface area contributed by atoms with Crippen molar-refractivity contribution in [2.75, 3.05) is 19.8 Å². The molecule has 1 aromatic heterocycles. The number of H-pyrrole nitrogens is 1. The van der Waals surface area contributed by atoms with Crippen LogP contribution in [0.15, 0.2) is 30.6 Å². The zero-order valence-corrected chi connectivity index (χ0v) is 14.0. The Balaban J connectivity index is 1.49. The molecule has 2 saturated heterocycles. The third-order valence-electron chi connectivity index (χ3n) is 5.07. The van der Waals surface area contributed by atoms with E-state index in [4.69, 9.17) is 9.47 Å². The van der Waals surface area contributed by atoms with Gasteiger partial charge in [-0.1, -0.05) is 18.2 Å². The van der Waals surface area contributed by atoms with Crippen LogP contribution in [-0.4, -0.2) is 52.6 Å². The van der Waals surface area contributed by atoms with E-state index in [0.717, 1.165) is 44.5 Å². The van der Waals surface area contributed by atoms with Gasteiger partial charge in [-0.15, -0.1) is 0 Å². The van der Waals surface area contributed by atoms with Crippen molar-refractivity contribution in [3.8, 4) is 11.4 Å². The molecule has 3 heterocycles. The number of hydrogen-bond acceptors (Lipinski definition) is 5. The highest BCUT2D eigenvalue weighted by Crippen LogP contribution is 2.34. The van der Waals surface area contributed by atoms with Crippen LogP contribution in [0.4, 0.5) is 0 Å². The molecule has 2 aliphatic rings. The Kier molecular flexibility index (Phi) is 4.50. The van der Waals surface area contributed by atoms with Gasteiger partial charge in [0.1, 0.15) is 6.33 Å². The number of carbonyl (C=O) groups is 1. The molecule has 0 radical (unpaired) electrons.